The molecule has 0 spiro atoms. The zero-order chi connectivity index (χ0) is 15.1. The van der Waals surface area contributed by atoms with E-state index in [2.05, 4.69) is 41.2 Å². The molecule has 1 unspecified atom stereocenters. The number of ether oxygens (including phenoxy) is 1. The minimum atomic E-state index is 0.481. The van der Waals surface area contributed by atoms with Gasteiger partial charge in [-0.1, -0.05) is 19.1 Å². The van der Waals surface area contributed by atoms with Crippen LogP contribution in [-0.4, -0.2) is 50.3 Å². The van der Waals surface area contributed by atoms with Gasteiger partial charge >= 0.3 is 0 Å². The standard InChI is InChI=1S/C16H26N4O/c1-13-4-3-5-15(10-13)19-16(17)18-11-14(2)12-20-6-8-21-9-7-20/h3-5,10,14H,6-9,11-12H2,1-2H3,(H3,17,18,19). The minimum absolute atomic E-state index is 0.481. The monoisotopic (exact) mass is 290 g/mol. The van der Waals surface area contributed by atoms with Crippen LogP contribution in [0.4, 0.5) is 5.69 Å². The Morgan fingerprint density at radius 3 is 2.90 bits per heavy atom. The molecule has 0 aromatic heterocycles. The predicted octanol–water partition coefficient (Wildman–Crippen LogP) is 1.69. The van der Waals surface area contributed by atoms with Crippen molar-refractivity contribution < 1.29 is 4.74 Å². The number of aryl methyl sites for hydroxylation is 1. The van der Waals surface area contributed by atoms with Crippen LogP contribution in [-0.2, 0) is 4.74 Å². The van der Waals surface area contributed by atoms with Crippen molar-refractivity contribution >= 4 is 11.6 Å². The summed E-state index contributed by atoms with van der Waals surface area (Å²) in [6.07, 6.45) is 0. The number of morpholine rings is 1. The van der Waals surface area contributed by atoms with Crippen LogP contribution >= 0.6 is 0 Å². The van der Waals surface area contributed by atoms with Crippen LogP contribution in [0.25, 0.3) is 0 Å². The number of nitrogens with zero attached hydrogens (tertiary/aromatic N) is 2. The fraction of sp³-hybridized carbons (Fsp3) is 0.562. The number of rotatable bonds is 5. The lowest BCUT2D eigenvalue weighted by Gasteiger charge is -2.28. The summed E-state index contributed by atoms with van der Waals surface area (Å²) < 4.78 is 5.36. The summed E-state index contributed by atoms with van der Waals surface area (Å²) in [7, 11) is 0. The first-order chi connectivity index (χ1) is 10.1. The smallest absolute Gasteiger partial charge is 0.193 e. The average molecular weight is 290 g/mol. The van der Waals surface area contributed by atoms with E-state index in [-0.39, 0.29) is 0 Å². The molecule has 1 heterocycles. The van der Waals surface area contributed by atoms with Crippen molar-refractivity contribution in [2.45, 2.75) is 13.8 Å². The highest BCUT2D eigenvalue weighted by molar-refractivity contribution is 5.92. The molecular weight excluding hydrogens is 264 g/mol. The van der Waals surface area contributed by atoms with Crippen molar-refractivity contribution in [1.29, 1.82) is 0 Å². The van der Waals surface area contributed by atoms with Crippen LogP contribution < -0.4 is 11.1 Å². The van der Waals surface area contributed by atoms with Gasteiger partial charge in [0.05, 0.1) is 13.2 Å². The van der Waals surface area contributed by atoms with Gasteiger partial charge in [-0.15, -0.1) is 0 Å². The third-order valence-corrected chi connectivity index (χ3v) is 3.54. The summed E-state index contributed by atoms with van der Waals surface area (Å²) in [6.45, 7) is 9.77. The molecule has 0 saturated carbocycles. The van der Waals surface area contributed by atoms with Crippen molar-refractivity contribution in [3.8, 4) is 0 Å². The van der Waals surface area contributed by atoms with Crippen LogP contribution in [0, 0.1) is 12.8 Å². The van der Waals surface area contributed by atoms with Gasteiger partial charge in [-0.05, 0) is 30.5 Å². The third kappa shape index (κ3) is 5.73. The molecule has 1 fully saturated rings. The van der Waals surface area contributed by atoms with E-state index in [0.717, 1.165) is 45.1 Å². The molecule has 1 aromatic rings. The van der Waals surface area contributed by atoms with Crippen molar-refractivity contribution in [2.75, 3.05) is 44.7 Å². The first-order valence-corrected chi connectivity index (χ1v) is 7.57. The molecule has 0 radical (unpaired) electrons. The molecule has 1 aromatic carbocycles. The van der Waals surface area contributed by atoms with E-state index in [1.54, 1.807) is 0 Å². The lowest BCUT2D eigenvalue weighted by Crippen LogP contribution is -2.39. The summed E-state index contributed by atoms with van der Waals surface area (Å²) in [5, 5.41) is 3.14. The molecule has 0 bridgehead atoms. The van der Waals surface area contributed by atoms with E-state index in [1.807, 2.05) is 12.1 Å². The molecule has 0 aliphatic carbocycles. The number of hydrogen-bond acceptors (Lipinski definition) is 3. The van der Waals surface area contributed by atoms with Crippen LogP contribution in [0.2, 0.25) is 0 Å². The second-order valence-corrected chi connectivity index (χ2v) is 5.74. The van der Waals surface area contributed by atoms with E-state index in [9.17, 15) is 0 Å². The number of guanidine groups is 1. The average Bonchev–Trinajstić information content (AvgIpc) is 2.46. The van der Waals surface area contributed by atoms with E-state index in [1.165, 1.54) is 5.56 Å². The second-order valence-electron chi connectivity index (χ2n) is 5.74. The first kappa shape index (κ1) is 15.8. The van der Waals surface area contributed by atoms with E-state index in [0.29, 0.717) is 11.9 Å². The first-order valence-electron chi connectivity index (χ1n) is 7.57. The van der Waals surface area contributed by atoms with Gasteiger partial charge in [0, 0.05) is 31.9 Å². The number of anilines is 1. The molecule has 1 aliphatic heterocycles. The highest BCUT2D eigenvalue weighted by atomic mass is 16.5. The van der Waals surface area contributed by atoms with Gasteiger partial charge in [-0.25, -0.2) is 0 Å². The van der Waals surface area contributed by atoms with Gasteiger partial charge in [0.15, 0.2) is 5.96 Å². The fourth-order valence-electron chi connectivity index (χ4n) is 2.45. The van der Waals surface area contributed by atoms with Gasteiger partial charge in [-0.2, -0.15) is 0 Å². The zero-order valence-corrected chi connectivity index (χ0v) is 13.0. The molecular formula is C16H26N4O. The molecule has 1 saturated heterocycles. The van der Waals surface area contributed by atoms with Crippen molar-refractivity contribution in [2.24, 2.45) is 16.6 Å². The summed E-state index contributed by atoms with van der Waals surface area (Å²) in [6, 6.07) is 8.11. The maximum absolute atomic E-state index is 5.94. The fourth-order valence-corrected chi connectivity index (χ4v) is 2.45. The van der Waals surface area contributed by atoms with E-state index >= 15 is 0 Å². The van der Waals surface area contributed by atoms with Gasteiger partial charge in [-0.3, -0.25) is 9.89 Å². The number of benzene rings is 1. The summed E-state index contributed by atoms with van der Waals surface area (Å²) in [5.41, 5.74) is 8.13. The number of aliphatic imine (C=N–C) groups is 1. The second kappa shape index (κ2) is 8.00. The summed E-state index contributed by atoms with van der Waals surface area (Å²) >= 11 is 0. The lowest BCUT2D eigenvalue weighted by molar-refractivity contribution is 0.0323. The SMILES string of the molecule is Cc1cccc(NC(N)=NCC(C)CN2CCOCC2)c1. The Kier molecular flexibility index (Phi) is 6.02. The highest BCUT2D eigenvalue weighted by Gasteiger charge is 2.13. The number of hydrogen-bond donors (Lipinski definition) is 2. The Morgan fingerprint density at radius 1 is 1.43 bits per heavy atom. The third-order valence-electron chi connectivity index (χ3n) is 3.54. The molecule has 0 amide bonds. The number of nitrogens with one attached hydrogen (secondary N) is 1. The highest BCUT2D eigenvalue weighted by Crippen LogP contribution is 2.09. The van der Waals surface area contributed by atoms with Gasteiger partial charge in [0.1, 0.15) is 0 Å². The Morgan fingerprint density at radius 2 is 2.19 bits per heavy atom. The zero-order valence-electron chi connectivity index (χ0n) is 13.0. The topological polar surface area (TPSA) is 62.9 Å². The molecule has 5 nitrogen and oxygen atoms in total. The quantitative estimate of drug-likeness (QED) is 0.640. The summed E-state index contributed by atoms with van der Waals surface area (Å²) in [5.74, 6) is 0.968. The number of nitrogens with two attached hydrogens (primary N) is 1. The molecule has 116 valence electrons. The van der Waals surface area contributed by atoms with E-state index in [4.69, 9.17) is 10.5 Å². The van der Waals surface area contributed by atoms with Crippen molar-refractivity contribution in [3.63, 3.8) is 0 Å². The Bertz CT molecular complexity index is 469. The molecule has 2 rings (SSSR count). The molecule has 3 N–H and O–H groups in total. The predicted molar refractivity (Wildman–Crippen MR) is 87.7 cm³/mol. The Hall–Kier alpha value is -1.59. The largest absolute Gasteiger partial charge is 0.379 e. The Balaban J connectivity index is 1.76. The van der Waals surface area contributed by atoms with E-state index < -0.39 is 0 Å². The van der Waals surface area contributed by atoms with Crippen LogP contribution in [0.1, 0.15) is 12.5 Å². The normalized spacial score (nSPS) is 18.5. The molecule has 5 heteroatoms. The van der Waals surface area contributed by atoms with Crippen LogP contribution in [0.3, 0.4) is 0 Å². The van der Waals surface area contributed by atoms with Crippen molar-refractivity contribution in [3.05, 3.63) is 29.8 Å². The van der Waals surface area contributed by atoms with Gasteiger partial charge in [0.25, 0.3) is 0 Å². The van der Waals surface area contributed by atoms with Crippen LogP contribution in [0.5, 0.6) is 0 Å². The summed E-state index contributed by atoms with van der Waals surface area (Å²) in [4.78, 5) is 6.86. The van der Waals surface area contributed by atoms with Crippen LogP contribution in [0.15, 0.2) is 29.3 Å². The maximum atomic E-state index is 5.94. The van der Waals surface area contributed by atoms with Gasteiger partial charge in [0.2, 0.25) is 0 Å². The lowest BCUT2D eigenvalue weighted by atomic mass is 10.1. The Labute approximate surface area is 127 Å². The molecule has 1 atom stereocenters. The van der Waals surface area contributed by atoms with Crippen molar-refractivity contribution in [1.82, 2.24) is 4.90 Å². The molecule has 1 aliphatic rings. The van der Waals surface area contributed by atoms with Gasteiger partial charge < -0.3 is 15.8 Å². The molecule has 21 heavy (non-hydrogen) atoms. The minimum Gasteiger partial charge on any atom is -0.379 e. The maximum Gasteiger partial charge on any atom is 0.193 e.